The molecule has 0 aliphatic carbocycles. The molecule has 2 N–H and O–H groups in total. The first-order chi connectivity index (χ1) is 8.68. The number of carbonyl (C=O) groups is 1. The predicted molar refractivity (Wildman–Crippen MR) is 60.2 cm³/mol. The van der Waals surface area contributed by atoms with Crippen molar-refractivity contribution in [3.8, 4) is 5.75 Å². The van der Waals surface area contributed by atoms with E-state index in [1.54, 1.807) is 0 Å². The van der Waals surface area contributed by atoms with Gasteiger partial charge in [-0.25, -0.2) is 14.7 Å². The number of hydroxylamine groups is 1. The Morgan fingerprint density at radius 3 is 3.00 bits per heavy atom. The van der Waals surface area contributed by atoms with Crippen LogP contribution in [-0.4, -0.2) is 23.9 Å². The number of benzene rings is 1. The SMILES string of the molecule is O=C(NOC1CCCCO1)c1c(O)cccc1F. The minimum absolute atomic E-state index is 0.430. The number of ether oxygens (including phenoxy) is 1. The Hall–Kier alpha value is -1.66. The standard InChI is InChI=1S/C12H14FNO4/c13-8-4-3-5-9(15)11(8)12(16)14-18-10-6-1-2-7-17-10/h3-5,10,15H,1-2,6-7H2,(H,14,16). The molecule has 1 aliphatic heterocycles. The summed E-state index contributed by atoms with van der Waals surface area (Å²) >= 11 is 0. The first-order valence-corrected chi connectivity index (χ1v) is 5.73. The average Bonchev–Trinajstić information content (AvgIpc) is 2.37. The molecule has 1 unspecified atom stereocenters. The third-order valence-electron chi connectivity index (χ3n) is 2.64. The average molecular weight is 255 g/mol. The summed E-state index contributed by atoms with van der Waals surface area (Å²) in [6.45, 7) is 0.575. The summed E-state index contributed by atoms with van der Waals surface area (Å²) in [5.74, 6) is -2.07. The van der Waals surface area contributed by atoms with Crippen LogP contribution in [0.1, 0.15) is 29.6 Å². The molecular weight excluding hydrogens is 241 g/mol. The number of phenols is 1. The van der Waals surface area contributed by atoms with Crippen molar-refractivity contribution < 1.29 is 23.9 Å². The molecular formula is C12H14FNO4. The molecule has 2 rings (SSSR count). The molecule has 0 spiro atoms. The molecule has 0 saturated carbocycles. The minimum atomic E-state index is -0.834. The van der Waals surface area contributed by atoms with Gasteiger partial charge in [-0.3, -0.25) is 4.79 Å². The highest BCUT2D eigenvalue weighted by Gasteiger charge is 2.20. The Bertz CT molecular complexity index is 412. The van der Waals surface area contributed by atoms with Crippen LogP contribution in [0.2, 0.25) is 0 Å². The van der Waals surface area contributed by atoms with Gasteiger partial charge < -0.3 is 9.84 Å². The highest BCUT2D eigenvalue weighted by atomic mass is 19.1. The molecule has 1 saturated heterocycles. The lowest BCUT2D eigenvalue weighted by Gasteiger charge is -2.22. The molecule has 0 radical (unpaired) electrons. The quantitative estimate of drug-likeness (QED) is 0.807. The second-order valence-electron chi connectivity index (χ2n) is 3.98. The second kappa shape index (κ2) is 5.79. The molecule has 1 aliphatic rings. The van der Waals surface area contributed by atoms with Gasteiger partial charge in [-0.05, 0) is 25.0 Å². The number of aromatic hydroxyl groups is 1. The number of carbonyl (C=O) groups excluding carboxylic acids is 1. The lowest BCUT2D eigenvalue weighted by Crippen LogP contribution is -2.33. The molecule has 5 nitrogen and oxygen atoms in total. The Morgan fingerprint density at radius 2 is 2.33 bits per heavy atom. The van der Waals surface area contributed by atoms with Gasteiger partial charge in [0.25, 0.3) is 5.91 Å². The van der Waals surface area contributed by atoms with Crippen molar-refractivity contribution in [1.82, 2.24) is 5.48 Å². The molecule has 6 heteroatoms. The van der Waals surface area contributed by atoms with Crippen LogP contribution in [0.3, 0.4) is 0 Å². The van der Waals surface area contributed by atoms with Gasteiger partial charge in [0.05, 0.1) is 0 Å². The zero-order chi connectivity index (χ0) is 13.0. The van der Waals surface area contributed by atoms with Gasteiger partial charge in [0.2, 0.25) is 0 Å². The number of hydrogen-bond donors (Lipinski definition) is 2. The number of halogens is 1. The summed E-state index contributed by atoms with van der Waals surface area (Å²) in [5.41, 5.74) is 1.65. The van der Waals surface area contributed by atoms with E-state index in [1.807, 2.05) is 0 Å². The van der Waals surface area contributed by atoms with E-state index in [4.69, 9.17) is 9.57 Å². The fourth-order valence-corrected chi connectivity index (χ4v) is 1.71. The Morgan fingerprint density at radius 1 is 1.50 bits per heavy atom. The zero-order valence-electron chi connectivity index (χ0n) is 9.69. The van der Waals surface area contributed by atoms with Crippen LogP contribution in [0.4, 0.5) is 4.39 Å². The van der Waals surface area contributed by atoms with E-state index in [9.17, 15) is 14.3 Å². The largest absolute Gasteiger partial charge is 0.507 e. The van der Waals surface area contributed by atoms with Gasteiger partial charge in [0, 0.05) is 13.0 Å². The lowest BCUT2D eigenvalue weighted by atomic mass is 10.2. The van der Waals surface area contributed by atoms with E-state index >= 15 is 0 Å². The van der Waals surface area contributed by atoms with Crippen LogP contribution in [0, 0.1) is 5.82 Å². The fraction of sp³-hybridized carbons (Fsp3) is 0.417. The van der Waals surface area contributed by atoms with Crippen molar-refractivity contribution in [3.05, 3.63) is 29.6 Å². The van der Waals surface area contributed by atoms with E-state index in [0.29, 0.717) is 13.0 Å². The maximum Gasteiger partial charge on any atom is 0.281 e. The lowest BCUT2D eigenvalue weighted by molar-refractivity contribution is -0.186. The van der Waals surface area contributed by atoms with Gasteiger partial charge >= 0.3 is 0 Å². The van der Waals surface area contributed by atoms with Crippen molar-refractivity contribution in [2.75, 3.05) is 6.61 Å². The van der Waals surface area contributed by atoms with Crippen molar-refractivity contribution in [2.45, 2.75) is 25.6 Å². The Balaban J connectivity index is 1.95. The first kappa shape index (κ1) is 12.8. The smallest absolute Gasteiger partial charge is 0.281 e. The first-order valence-electron chi connectivity index (χ1n) is 5.73. The van der Waals surface area contributed by atoms with Crippen molar-refractivity contribution >= 4 is 5.91 Å². The van der Waals surface area contributed by atoms with E-state index < -0.39 is 29.3 Å². The van der Waals surface area contributed by atoms with Crippen LogP contribution < -0.4 is 5.48 Å². The Labute approximate surface area is 103 Å². The summed E-state index contributed by atoms with van der Waals surface area (Å²) in [6, 6.07) is 3.63. The van der Waals surface area contributed by atoms with Crippen LogP contribution in [0.5, 0.6) is 5.75 Å². The topological polar surface area (TPSA) is 67.8 Å². The third-order valence-corrected chi connectivity index (χ3v) is 2.64. The van der Waals surface area contributed by atoms with Crippen molar-refractivity contribution in [2.24, 2.45) is 0 Å². The summed E-state index contributed by atoms with van der Waals surface area (Å²) in [7, 11) is 0. The number of phenolic OH excluding ortho intramolecular Hbond substituents is 1. The summed E-state index contributed by atoms with van der Waals surface area (Å²) in [5, 5.41) is 9.41. The fourth-order valence-electron chi connectivity index (χ4n) is 1.71. The molecule has 1 aromatic carbocycles. The summed E-state index contributed by atoms with van der Waals surface area (Å²) in [6.07, 6.45) is 2.06. The molecule has 1 heterocycles. The summed E-state index contributed by atoms with van der Waals surface area (Å²) < 4.78 is 18.6. The van der Waals surface area contributed by atoms with Crippen LogP contribution in [0.15, 0.2) is 18.2 Å². The minimum Gasteiger partial charge on any atom is -0.507 e. The number of amides is 1. The number of nitrogens with one attached hydrogen (secondary N) is 1. The molecule has 0 aromatic heterocycles. The van der Waals surface area contributed by atoms with Crippen LogP contribution in [0.25, 0.3) is 0 Å². The molecule has 1 amide bonds. The number of hydrogen-bond acceptors (Lipinski definition) is 4. The van der Waals surface area contributed by atoms with Crippen molar-refractivity contribution in [3.63, 3.8) is 0 Å². The summed E-state index contributed by atoms with van der Waals surface area (Å²) in [4.78, 5) is 16.6. The predicted octanol–water partition coefficient (Wildman–Crippen LogP) is 1.72. The maximum absolute atomic E-state index is 13.4. The third kappa shape index (κ3) is 2.96. The number of rotatable bonds is 3. The maximum atomic E-state index is 13.4. The normalized spacial score (nSPS) is 19.5. The zero-order valence-corrected chi connectivity index (χ0v) is 9.69. The van der Waals surface area contributed by atoms with Gasteiger partial charge in [-0.15, -0.1) is 0 Å². The highest BCUT2D eigenvalue weighted by molar-refractivity contribution is 5.96. The van der Waals surface area contributed by atoms with Gasteiger partial charge in [0.1, 0.15) is 17.1 Å². The highest BCUT2D eigenvalue weighted by Crippen LogP contribution is 2.20. The van der Waals surface area contributed by atoms with Gasteiger partial charge in [-0.1, -0.05) is 6.07 Å². The van der Waals surface area contributed by atoms with Crippen LogP contribution in [-0.2, 0) is 9.57 Å². The molecule has 1 aromatic rings. The van der Waals surface area contributed by atoms with E-state index in [1.165, 1.54) is 12.1 Å². The molecule has 1 fully saturated rings. The van der Waals surface area contributed by atoms with E-state index in [-0.39, 0.29) is 0 Å². The molecule has 18 heavy (non-hydrogen) atoms. The van der Waals surface area contributed by atoms with Gasteiger partial charge in [-0.2, -0.15) is 0 Å². The molecule has 1 atom stereocenters. The molecule has 98 valence electrons. The van der Waals surface area contributed by atoms with E-state index in [2.05, 4.69) is 5.48 Å². The van der Waals surface area contributed by atoms with Crippen molar-refractivity contribution in [1.29, 1.82) is 0 Å². The van der Waals surface area contributed by atoms with Gasteiger partial charge in [0.15, 0.2) is 6.29 Å². The Kier molecular flexibility index (Phi) is 4.11. The monoisotopic (exact) mass is 255 g/mol. The molecule has 0 bridgehead atoms. The van der Waals surface area contributed by atoms with E-state index in [0.717, 1.165) is 18.9 Å². The van der Waals surface area contributed by atoms with Crippen LogP contribution >= 0.6 is 0 Å². The second-order valence-corrected chi connectivity index (χ2v) is 3.98.